The number of benzene rings is 1. The molecule has 3 nitrogen and oxygen atoms in total. The summed E-state index contributed by atoms with van der Waals surface area (Å²) in [6, 6.07) is 5.20. The van der Waals surface area contributed by atoms with Crippen LogP contribution in [0, 0.1) is 0 Å². The number of hydrogen-bond acceptors (Lipinski definition) is 2. The van der Waals surface area contributed by atoms with Crippen LogP contribution in [0.3, 0.4) is 0 Å². The molecule has 0 fully saturated rings. The molecule has 0 saturated carbocycles. The third-order valence-corrected chi connectivity index (χ3v) is 3.50. The van der Waals surface area contributed by atoms with Gasteiger partial charge in [-0.1, -0.05) is 30.4 Å². The minimum atomic E-state index is -4.37. The Bertz CT molecular complexity index is 627. The fourth-order valence-electron chi connectivity index (χ4n) is 2.49. The summed E-state index contributed by atoms with van der Waals surface area (Å²) in [4.78, 5) is 13.1. The second-order valence-corrected chi connectivity index (χ2v) is 5.07. The van der Waals surface area contributed by atoms with E-state index in [2.05, 4.69) is 0 Å². The first-order chi connectivity index (χ1) is 10.2. The summed E-state index contributed by atoms with van der Waals surface area (Å²) >= 11 is 0. The van der Waals surface area contributed by atoms with Crippen molar-refractivity contribution >= 4 is 6.09 Å². The molecule has 1 aliphatic rings. The molecule has 1 amide bonds. The van der Waals surface area contributed by atoms with Crippen LogP contribution in [0.4, 0.5) is 18.0 Å². The van der Waals surface area contributed by atoms with Gasteiger partial charge in [-0.25, -0.2) is 4.79 Å². The van der Waals surface area contributed by atoms with E-state index in [4.69, 9.17) is 4.74 Å². The van der Waals surface area contributed by atoms with E-state index in [0.29, 0.717) is 17.0 Å². The number of allylic oxidation sites excluding steroid dienone is 4. The summed E-state index contributed by atoms with van der Waals surface area (Å²) in [7, 11) is 1.28. The largest absolute Gasteiger partial charge is 0.452 e. The zero-order chi connectivity index (χ0) is 16.5. The third-order valence-electron chi connectivity index (χ3n) is 3.50. The van der Waals surface area contributed by atoms with Crippen molar-refractivity contribution in [3.63, 3.8) is 0 Å². The maximum absolute atomic E-state index is 12.8. The second kappa shape index (κ2) is 5.87. The average molecular weight is 311 g/mol. The lowest BCUT2D eigenvalue weighted by Crippen LogP contribution is -2.30. The Labute approximate surface area is 126 Å². The Morgan fingerprint density at radius 1 is 1.18 bits per heavy atom. The summed E-state index contributed by atoms with van der Waals surface area (Å²) in [5.74, 6) is -0.316. The standard InChI is InChI=1S/C16H16F3NO2/c1-10-7-13(8-11(2)20(10)15(21)22-3)12-5-4-6-14(9-12)16(17,18)19/h4-9,13H,1-3H3. The number of rotatable bonds is 1. The van der Waals surface area contributed by atoms with Gasteiger partial charge in [-0.3, -0.25) is 4.90 Å². The Morgan fingerprint density at radius 2 is 1.77 bits per heavy atom. The van der Waals surface area contributed by atoms with Gasteiger partial charge < -0.3 is 4.74 Å². The third kappa shape index (κ3) is 3.16. The molecule has 0 aliphatic carbocycles. The predicted octanol–water partition coefficient (Wildman–Crippen LogP) is 4.68. The van der Waals surface area contributed by atoms with Gasteiger partial charge in [0.25, 0.3) is 0 Å². The lowest BCUT2D eigenvalue weighted by Gasteiger charge is -2.28. The van der Waals surface area contributed by atoms with E-state index in [9.17, 15) is 18.0 Å². The number of ether oxygens (including phenoxy) is 1. The van der Waals surface area contributed by atoms with Crippen molar-refractivity contribution in [2.24, 2.45) is 0 Å². The molecule has 1 aromatic carbocycles. The zero-order valence-electron chi connectivity index (χ0n) is 12.4. The quantitative estimate of drug-likeness (QED) is 0.753. The van der Waals surface area contributed by atoms with Crippen LogP contribution in [0.15, 0.2) is 47.8 Å². The molecule has 0 unspecified atom stereocenters. The van der Waals surface area contributed by atoms with Crippen molar-refractivity contribution in [1.82, 2.24) is 4.90 Å². The summed E-state index contributed by atoms with van der Waals surface area (Å²) in [6.45, 7) is 3.43. The van der Waals surface area contributed by atoms with Gasteiger partial charge in [0.15, 0.2) is 0 Å². The SMILES string of the molecule is COC(=O)N1C(C)=CC(c2cccc(C(F)(F)F)c2)C=C1C. The molecule has 0 aromatic heterocycles. The highest BCUT2D eigenvalue weighted by molar-refractivity contribution is 5.72. The van der Waals surface area contributed by atoms with E-state index in [1.165, 1.54) is 18.1 Å². The van der Waals surface area contributed by atoms with Gasteiger partial charge >= 0.3 is 12.3 Å². The molecule has 118 valence electrons. The number of nitrogens with zero attached hydrogens (tertiary/aromatic N) is 1. The molecule has 0 N–H and O–H groups in total. The molecule has 22 heavy (non-hydrogen) atoms. The van der Waals surface area contributed by atoms with Gasteiger partial charge in [0.2, 0.25) is 0 Å². The summed E-state index contributed by atoms with van der Waals surface area (Å²) in [5, 5.41) is 0. The highest BCUT2D eigenvalue weighted by Crippen LogP contribution is 2.34. The van der Waals surface area contributed by atoms with E-state index >= 15 is 0 Å². The zero-order valence-corrected chi connectivity index (χ0v) is 12.4. The number of carbonyl (C=O) groups is 1. The number of halogens is 3. The normalized spacial score (nSPS) is 16.2. The molecule has 0 spiro atoms. The lowest BCUT2D eigenvalue weighted by atomic mass is 9.93. The van der Waals surface area contributed by atoms with E-state index in [1.54, 1.807) is 32.1 Å². The van der Waals surface area contributed by atoms with Gasteiger partial charge in [-0.15, -0.1) is 0 Å². The molecular weight excluding hydrogens is 295 g/mol. The van der Waals surface area contributed by atoms with Crippen LogP contribution in [0.5, 0.6) is 0 Å². The molecule has 1 heterocycles. The summed E-state index contributed by atoms with van der Waals surface area (Å²) in [5.41, 5.74) is 1.08. The molecule has 0 atom stereocenters. The number of methoxy groups -OCH3 is 1. The van der Waals surface area contributed by atoms with E-state index in [0.717, 1.165) is 12.1 Å². The smallest absolute Gasteiger partial charge is 0.418 e. The van der Waals surface area contributed by atoms with Crippen molar-refractivity contribution < 1.29 is 22.7 Å². The summed E-state index contributed by atoms with van der Waals surface area (Å²) < 4.78 is 43.1. The minimum absolute atomic E-state index is 0.316. The van der Waals surface area contributed by atoms with Crippen LogP contribution in [0.25, 0.3) is 0 Å². The first kappa shape index (κ1) is 16.1. The van der Waals surface area contributed by atoms with E-state index < -0.39 is 17.8 Å². The number of hydrogen-bond donors (Lipinski definition) is 0. The molecule has 0 radical (unpaired) electrons. The minimum Gasteiger partial charge on any atom is -0.452 e. The first-order valence-electron chi connectivity index (χ1n) is 6.66. The van der Waals surface area contributed by atoms with Gasteiger partial charge in [-0.05, 0) is 25.5 Å². The molecule has 6 heteroatoms. The van der Waals surface area contributed by atoms with Crippen LogP contribution in [-0.2, 0) is 10.9 Å². The van der Waals surface area contributed by atoms with E-state index in [-0.39, 0.29) is 5.92 Å². The van der Waals surface area contributed by atoms with Crippen LogP contribution in [-0.4, -0.2) is 18.1 Å². The van der Waals surface area contributed by atoms with Crippen molar-refractivity contribution in [3.05, 3.63) is 58.9 Å². The second-order valence-electron chi connectivity index (χ2n) is 5.07. The fourth-order valence-corrected chi connectivity index (χ4v) is 2.49. The van der Waals surface area contributed by atoms with Crippen molar-refractivity contribution in [1.29, 1.82) is 0 Å². The fraction of sp³-hybridized carbons (Fsp3) is 0.312. The Balaban J connectivity index is 2.36. The molecule has 2 rings (SSSR count). The lowest BCUT2D eigenvalue weighted by molar-refractivity contribution is -0.137. The highest BCUT2D eigenvalue weighted by atomic mass is 19.4. The molecule has 0 bridgehead atoms. The highest BCUT2D eigenvalue weighted by Gasteiger charge is 2.31. The van der Waals surface area contributed by atoms with Crippen LogP contribution < -0.4 is 0 Å². The molecular formula is C16H16F3NO2. The van der Waals surface area contributed by atoms with Gasteiger partial charge in [0, 0.05) is 17.3 Å². The van der Waals surface area contributed by atoms with Crippen molar-refractivity contribution in [2.45, 2.75) is 25.9 Å². The van der Waals surface area contributed by atoms with Crippen molar-refractivity contribution in [2.75, 3.05) is 7.11 Å². The molecule has 1 aromatic rings. The Kier molecular flexibility index (Phi) is 4.30. The van der Waals surface area contributed by atoms with Crippen LogP contribution >= 0.6 is 0 Å². The first-order valence-corrected chi connectivity index (χ1v) is 6.66. The monoisotopic (exact) mass is 311 g/mol. The number of alkyl halides is 3. The maximum Gasteiger partial charge on any atom is 0.418 e. The Hall–Kier alpha value is -2.24. The average Bonchev–Trinajstić information content (AvgIpc) is 2.45. The van der Waals surface area contributed by atoms with E-state index in [1.807, 2.05) is 0 Å². The Morgan fingerprint density at radius 3 is 2.27 bits per heavy atom. The predicted molar refractivity (Wildman–Crippen MR) is 75.9 cm³/mol. The summed E-state index contributed by atoms with van der Waals surface area (Å²) in [6.07, 6.45) is -1.43. The topological polar surface area (TPSA) is 29.5 Å². The van der Waals surface area contributed by atoms with Gasteiger partial charge in [0.05, 0.1) is 12.7 Å². The van der Waals surface area contributed by atoms with Crippen molar-refractivity contribution in [3.8, 4) is 0 Å². The molecule has 1 aliphatic heterocycles. The van der Waals surface area contributed by atoms with Gasteiger partial charge in [0.1, 0.15) is 0 Å². The van der Waals surface area contributed by atoms with Gasteiger partial charge in [-0.2, -0.15) is 13.2 Å². The maximum atomic E-state index is 12.8. The number of carbonyl (C=O) groups excluding carboxylic acids is 1. The van der Waals surface area contributed by atoms with Crippen LogP contribution in [0.1, 0.15) is 30.9 Å². The number of amides is 1. The van der Waals surface area contributed by atoms with Crippen LogP contribution in [0.2, 0.25) is 0 Å². The molecule has 0 saturated heterocycles.